The molecule has 0 aliphatic carbocycles. The number of halogens is 1. The summed E-state index contributed by atoms with van der Waals surface area (Å²) < 4.78 is 0. The maximum atomic E-state index is 8.36. The Morgan fingerprint density at radius 1 is 1.50 bits per heavy atom. The van der Waals surface area contributed by atoms with Gasteiger partial charge in [-0.15, -0.1) is 0 Å². The molecular weight excluding hydrogens is 168 g/mol. The monoisotopic (exact) mass is 180 g/mol. The Balaban J connectivity index is 2.72. The molecule has 8 heavy (non-hydrogen) atoms. The number of hydrogen-bond acceptors (Lipinski definition) is 1. The molecule has 2 heteroatoms. The van der Waals surface area contributed by atoms with Crippen LogP contribution in [0.25, 0.3) is 0 Å². The quantitative estimate of drug-likeness (QED) is 0.519. The second-order valence-electron chi connectivity index (χ2n) is 2.00. The van der Waals surface area contributed by atoms with Crippen LogP contribution in [0, 0.1) is 0 Å². The highest BCUT2D eigenvalue weighted by molar-refractivity contribution is 9.09. The fourth-order valence-electron chi connectivity index (χ4n) is 0.537. The molecule has 0 unspecified atom stereocenters. The van der Waals surface area contributed by atoms with Crippen molar-refractivity contribution < 1.29 is 5.11 Å². The fraction of sp³-hybridized carbons (Fsp3) is 1.00. The molecule has 0 amide bonds. The van der Waals surface area contributed by atoms with Crippen LogP contribution in [0.2, 0.25) is 0 Å². The minimum absolute atomic E-state index is 0.333. The second kappa shape index (κ2) is 5.57. The third-order valence-electron chi connectivity index (χ3n) is 1.01. The number of hydrogen-bond donors (Lipinski definition) is 1. The van der Waals surface area contributed by atoms with E-state index in [0.29, 0.717) is 11.4 Å². The van der Waals surface area contributed by atoms with Gasteiger partial charge in [-0.05, 0) is 12.8 Å². The number of rotatable bonds is 4. The van der Waals surface area contributed by atoms with E-state index in [1.165, 1.54) is 6.42 Å². The molecule has 0 saturated carbocycles. The minimum Gasteiger partial charge on any atom is -0.396 e. The lowest BCUT2D eigenvalue weighted by Crippen LogP contribution is -1.90. The highest BCUT2D eigenvalue weighted by Crippen LogP contribution is 2.07. The molecule has 0 radical (unpaired) electrons. The molecule has 0 heterocycles. The van der Waals surface area contributed by atoms with E-state index in [9.17, 15) is 0 Å². The molecule has 0 aliphatic heterocycles. The smallest absolute Gasteiger partial charge is 0.0431 e. The fourth-order valence-corrected chi connectivity index (χ4v) is 0.861. The average molecular weight is 181 g/mol. The Kier molecular flexibility index (Phi) is 5.88. The number of unbranched alkanes of at least 4 members (excludes halogenated alkanes) is 1. The van der Waals surface area contributed by atoms with Gasteiger partial charge in [0.1, 0.15) is 0 Å². The van der Waals surface area contributed by atoms with Crippen LogP contribution in [0.15, 0.2) is 0 Å². The summed E-state index contributed by atoms with van der Waals surface area (Å²) in [6.45, 7) is 2.46. The van der Waals surface area contributed by atoms with Crippen molar-refractivity contribution in [1.82, 2.24) is 0 Å². The van der Waals surface area contributed by atoms with Crippen molar-refractivity contribution in [1.29, 1.82) is 0 Å². The van der Waals surface area contributed by atoms with Crippen LogP contribution in [0.1, 0.15) is 26.2 Å². The Labute approximate surface area is 59.2 Å². The highest BCUT2D eigenvalue weighted by Gasteiger charge is 1.92. The predicted molar refractivity (Wildman–Crippen MR) is 39.3 cm³/mol. The van der Waals surface area contributed by atoms with Gasteiger partial charge in [0.2, 0.25) is 0 Å². The summed E-state index contributed by atoms with van der Waals surface area (Å²) in [6.07, 6.45) is 3.24. The van der Waals surface area contributed by atoms with E-state index in [0.717, 1.165) is 12.8 Å². The third kappa shape index (κ3) is 6.44. The van der Waals surface area contributed by atoms with Gasteiger partial charge in [-0.1, -0.05) is 29.3 Å². The van der Waals surface area contributed by atoms with Gasteiger partial charge in [0.25, 0.3) is 0 Å². The van der Waals surface area contributed by atoms with E-state index < -0.39 is 0 Å². The van der Waals surface area contributed by atoms with Crippen LogP contribution < -0.4 is 0 Å². The average Bonchev–Trinajstić information content (AvgIpc) is 1.66. The zero-order chi connectivity index (χ0) is 6.41. The Morgan fingerprint density at radius 3 is 2.50 bits per heavy atom. The van der Waals surface area contributed by atoms with E-state index in [-0.39, 0.29) is 0 Å². The first-order valence-electron chi connectivity index (χ1n) is 3.02. The third-order valence-corrected chi connectivity index (χ3v) is 1.47. The van der Waals surface area contributed by atoms with Gasteiger partial charge >= 0.3 is 0 Å². The zero-order valence-corrected chi connectivity index (χ0v) is 6.82. The van der Waals surface area contributed by atoms with Gasteiger partial charge < -0.3 is 5.11 Å². The molecular formula is C6H13BrO. The van der Waals surface area contributed by atoms with E-state index >= 15 is 0 Å². The topological polar surface area (TPSA) is 20.2 Å². The zero-order valence-electron chi connectivity index (χ0n) is 5.23. The number of alkyl halides is 1. The molecule has 0 spiro atoms. The molecule has 0 aromatic rings. The van der Waals surface area contributed by atoms with Crippen molar-refractivity contribution in [2.45, 2.75) is 31.0 Å². The van der Waals surface area contributed by atoms with Crippen LogP contribution in [0.3, 0.4) is 0 Å². The van der Waals surface area contributed by atoms with Crippen LogP contribution in [0.4, 0.5) is 0 Å². The summed E-state index contributed by atoms with van der Waals surface area (Å²) in [5, 5.41) is 8.36. The summed E-state index contributed by atoms with van der Waals surface area (Å²) in [4.78, 5) is 0.606. The Bertz CT molecular complexity index is 45.8. The normalized spacial score (nSPS) is 13.9. The van der Waals surface area contributed by atoms with E-state index in [1.807, 2.05) is 0 Å². The van der Waals surface area contributed by atoms with Crippen molar-refractivity contribution in [3.8, 4) is 0 Å². The molecule has 50 valence electrons. The SMILES string of the molecule is C[C@H](Br)CCCCO. The van der Waals surface area contributed by atoms with Gasteiger partial charge in [0.05, 0.1) is 0 Å². The number of aliphatic hydroxyl groups excluding tert-OH is 1. The highest BCUT2D eigenvalue weighted by atomic mass is 79.9. The maximum absolute atomic E-state index is 8.36. The largest absolute Gasteiger partial charge is 0.396 e. The summed E-state index contributed by atoms with van der Waals surface area (Å²) in [6, 6.07) is 0. The van der Waals surface area contributed by atoms with Crippen molar-refractivity contribution in [2.75, 3.05) is 6.61 Å². The van der Waals surface area contributed by atoms with Gasteiger partial charge in [-0.2, -0.15) is 0 Å². The Morgan fingerprint density at radius 2 is 2.12 bits per heavy atom. The molecule has 0 aromatic heterocycles. The predicted octanol–water partition coefficient (Wildman–Crippen LogP) is 1.93. The van der Waals surface area contributed by atoms with E-state index in [4.69, 9.17) is 5.11 Å². The minimum atomic E-state index is 0.333. The molecule has 0 aromatic carbocycles. The van der Waals surface area contributed by atoms with E-state index in [2.05, 4.69) is 22.9 Å². The summed E-state index contributed by atoms with van der Waals surface area (Å²) in [7, 11) is 0. The lowest BCUT2D eigenvalue weighted by Gasteiger charge is -1.98. The van der Waals surface area contributed by atoms with Crippen LogP contribution >= 0.6 is 15.9 Å². The molecule has 0 fully saturated rings. The first kappa shape index (κ1) is 8.44. The summed E-state index contributed by atoms with van der Waals surface area (Å²) in [5.41, 5.74) is 0. The van der Waals surface area contributed by atoms with Gasteiger partial charge in [-0.25, -0.2) is 0 Å². The van der Waals surface area contributed by atoms with Crippen LogP contribution in [-0.2, 0) is 0 Å². The summed E-state index contributed by atoms with van der Waals surface area (Å²) in [5.74, 6) is 0. The maximum Gasteiger partial charge on any atom is 0.0431 e. The van der Waals surface area contributed by atoms with Gasteiger partial charge in [0, 0.05) is 11.4 Å². The van der Waals surface area contributed by atoms with Crippen molar-refractivity contribution in [2.24, 2.45) is 0 Å². The lowest BCUT2D eigenvalue weighted by atomic mass is 10.2. The molecule has 1 nitrogen and oxygen atoms in total. The Hall–Kier alpha value is 0.440. The summed E-state index contributed by atoms with van der Waals surface area (Å²) >= 11 is 3.42. The molecule has 1 atom stereocenters. The van der Waals surface area contributed by atoms with Crippen molar-refractivity contribution in [3.05, 3.63) is 0 Å². The second-order valence-corrected chi connectivity index (χ2v) is 3.56. The molecule has 0 saturated heterocycles. The molecule has 0 aliphatic rings. The van der Waals surface area contributed by atoms with Crippen molar-refractivity contribution >= 4 is 15.9 Å². The first-order chi connectivity index (χ1) is 3.77. The molecule has 1 N–H and O–H groups in total. The lowest BCUT2D eigenvalue weighted by molar-refractivity contribution is 0.283. The van der Waals surface area contributed by atoms with Crippen LogP contribution in [-0.4, -0.2) is 16.5 Å². The van der Waals surface area contributed by atoms with Crippen LogP contribution in [0.5, 0.6) is 0 Å². The van der Waals surface area contributed by atoms with Gasteiger partial charge in [0.15, 0.2) is 0 Å². The number of aliphatic hydroxyl groups is 1. The first-order valence-corrected chi connectivity index (χ1v) is 3.94. The van der Waals surface area contributed by atoms with E-state index in [1.54, 1.807) is 0 Å². The molecule has 0 bridgehead atoms. The standard InChI is InChI=1S/C6H13BrO/c1-6(7)4-2-3-5-8/h6,8H,2-5H2,1H3/t6-/m0/s1. The van der Waals surface area contributed by atoms with Crippen molar-refractivity contribution in [3.63, 3.8) is 0 Å². The van der Waals surface area contributed by atoms with Gasteiger partial charge in [-0.3, -0.25) is 0 Å². The molecule has 0 rings (SSSR count).